The third-order valence-corrected chi connectivity index (χ3v) is 3.61. The van der Waals surface area contributed by atoms with E-state index in [-0.39, 0.29) is 13.3 Å². The molecule has 0 aliphatic heterocycles. The van der Waals surface area contributed by atoms with Crippen molar-refractivity contribution in [3.8, 4) is 0 Å². The van der Waals surface area contributed by atoms with E-state index in [2.05, 4.69) is 0 Å². The lowest BCUT2D eigenvalue weighted by Gasteiger charge is -2.48. The normalized spacial score (nSPS) is 42.5. The highest BCUT2D eigenvalue weighted by Crippen LogP contribution is 2.54. The zero-order valence-electron chi connectivity index (χ0n) is 9.98. The Morgan fingerprint density at radius 2 is 1.82 bits per heavy atom. The van der Waals surface area contributed by atoms with E-state index < -0.39 is 41.9 Å². The van der Waals surface area contributed by atoms with Gasteiger partial charge in [-0.05, 0) is 26.2 Å². The van der Waals surface area contributed by atoms with Crippen LogP contribution < -0.4 is 0 Å². The smallest absolute Gasteiger partial charge is 0.287 e. The van der Waals surface area contributed by atoms with Gasteiger partial charge in [-0.3, -0.25) is 0 Å². The summed E-state index contributed by atoms with van der Waals surface area (Å²) in [6.07, 6.45) is -2.68. The van der Waals surface area contributed by atoms with E-state index in [0.717, 1.165) is 6.92 Å². The monoisotopic (exact) mass is 260 g/mol. The Labute approximate surface area is 97.0 Å². The zero-order valence-corrected chi connectivity index (χ0v) is 9.98. The predicted molar refractivity (Wildman–Crippen MR) is 53.0 cm³/mol. The molecule has 0 amide bonds. The largest absolute Gasteiger partial charge is 0.384 e. The maximum atomic E-state index is 13.8. The standard InChI is InChI=1S/C11H17F5O/c1-4-6-5-9(2,17)11(15,16)8(7(6)12)10(3,13)14/h6-8,17H,4-5H2,1-3H3. The molecule has 0 aromatic carbocycles. The lowest BCUT2D eigenvalue weighted by atomic mass is 9.66. The molecule has 0 heterocycles. The topological polar surface area (TPSA) is 20.2 Å². The molecular formula is C11H17F5O. The molecule has 0 spiro atoms. The zero-order chi connectivity index (χ0) is 13.6. The van der Waals surface area contributed by atoms with Crippen LogP contribution in [0.15, 0.2) is 0 Å². The summed E-state index contributed by atoms with van der Waals surface area (Å²) in [4.78, 5) is 0. The Hall–Kier alpha value is -0.390. The van der Waals surface area contributed by atoms with Gasteiger partial charge in [0.1, 0.15) is 17.7 Å². The quantitative estimate of drug-likeness (QED) is 0.754. The average molecular weight is 260 g/mol. The second-order valence-corrected chi connectivity index (χ2v) is 5.15. The van der Waals surface area contributed by atoms with Gasteiger partial charge in [0.05, 0.1) is 0 Å². The van der Waals surface area contributed by atoms with Crippen molar-refractivity contribution >= 4 is 0 Å². The summed E-state index contributed by atoms with van der Waals surface area (Å²) in [5, 5.41) is 9.61. The highest BCUT2D eigenvalue weighted by Gasteiger charge is 2.68. The van der Waals surface area contributed by atoms with Crippen LogP contribution >= 0.6 is 0 Å². The van der Waals surface area contributed by atoms with Crippen LogP contribution in [-0.2, 0) is 0 Å². The van der Waals surface area contributed by atoms with Crippen LogP contribution in [-0.4, -0.2) is 28.7 Å². The molecule has 1 N–H and O–H groups in total. The highest BCUT2D eigenvalue weighted by atomic mass is 19.3. The first-order valence-electron chi connectivity index (χ1n) is 5.57. The number of halogens is 5. The molecule has 102 valence electrons. The molecule has 1 rings (SSSR count). The first-order chi connectivity index (χ1) is 7.45. The maximum absolute atomic E-state index is 13.8. The third kappa shape index (κ3) is 2.28. The molecule has 17 heavy (non-hydrogen) atoms. The fraction of sp³-hybridized carbons (Fsp3) is 1.00. The van der Waals surface area contributed by atoms with E-state index in [4.69, 9.17) is 0 Å². The van der Waals surface area contributed by atoms with E-state index >= 15 is 0 Å². The van der Waals surface area contributed by atoms with E-state index in [9.17, 15) is 27.1 Å². The van der Waals surface area contributed by atoms with E-state index in [1.54, 1.807) is 0 Å². The van der Waals surface area contributed by atoms with Gasteiger partial charge in [0.25, 0.3) is 11.8 Å². The Morgan fingerprint density at radius 1 is 1.35 bits per heavy atom. The van der Waals surface area contributed by atoms with Crippen molar-refractivity contribution in [1.82, 2.24) is 0 Å². The highest BCUT2D eigenvalue weighted by molar-refractivity contribution is 5.07. The minimum atomic E-state index is -4.14. The van der Waals surface area contributed by atoms with E-state index in [1.165, 1.54) is 6.92 Å². The van der Waals surface area contributed by atoms with Crippen molar-refractivity contribution in [2.45, 2.75) is 57.2 Å². The summed E-state index contributed by atoms with van der Waals surface area (Å²) in [5.74, 6) is -11.8. The Kier molecular flexibility index (Phi) is 3.51. The van der Waals surface area contributed by atoms with Crippen LogP contribution in [0.5, 0.6) is 0 Å². The van der Waals surface area contributed by atoms with Crippen molar-refractivity contribution in [2.75, 3.05) is 0 Å². The molecule has 4 unspecified atom stereocenters. The van der Waals surface area contributed by atoms with E-state index in [0.29, 0.717) is 0 Å². The second-order valence-electron chi connectivity index (χ2n) is 5.15. The first kappa shape index (κ1) is 14.7. The molecule has 1 fully saturated rings. The molecule has 4 atom stereocenters. The van der Waals surface area contributed by atoms with Crippen molar-refractivity contribution in [2.24, 2.45) is 11.8 Å². The number of alkyl halides is 5. The van der Waals surface area contributed by atoms with Gasteiger partial charge in [0.15, 0.2) is 0 Å². The number of aliphatic hydroxyl groups is 1. The van der Waals surface area contributed by atoms with Crippen LogP contribution in [0.2, 0.25) is 0 Å². The second kappa shape index (κ2) is 4.07. The summed E-state index contributed by atoms with van der Waals surface area (Å²) in [5.41, 5.74) is -2.60. The molecular weight excluding hydrogens is 243 g/mol. The molecule has 0 radical (unpaired) electrons. The molecule has 1 nitrogen and oxygen atoms in total. The minimum absolute atomic E-state index is 0.139. The lowest BCUT2D eigenvalue weighted by molar-refractivity contribution is -0.293. The summed E-state index contributed by atoms with van der Waals surface area (Å²) >= 11 is 0. The number of rotatable bonds is 2. The molecule has 0 aromatic rings. The van der Waals surface area contributed by atoms with Crippen LogP contribution in [0, 0.1) is 11.8 Å². The number of hydrogen-bond donors (Lipinski definition) is 1. The molecule has 1 saturated carbocycles. The third-order valence-electron chi connectivity index (χ3n) is 3.61. The average Bonchev–Trinajstić information content (AvgIpc) is 2.09. The van der Waals surface area contributed by atoms with Crippen LogP contribution in [0.25, 0.3) is 0 Å². The molecule has 1 aliphatic carbocycles. The van der Waals surface area contributed by atoms with Crippen LogP contribution in [0.4, 0.5) is 22.0 Å². The van der Waals surface area contributed by atoms with Crippen molar-refractivity contribution in [1.29, 1.82) is 0 Å². The molecule has 0 bridgehead atoms. The van der Waals surface area contributed by atoms with Gasteiger partial charge in [0.2, 0.25) is 0 Å². The number of hydrogen-bond acceptors (Lipinski definition) is 1. The van der Waals surface area contributed by atoms with Crippen molar-refractivity contribution in [3.63, 3.8) is 0 Å². The van der Waals surface area contributed by atoms with Gasteiger partial charge in [-0.2, -0.15) is 0 Å². The Bertz CT molecular complexity index is 284. The molecule has 6 heteroatoms. The minimum Gasteiger partial charge on any atom is -0.384 e. The summed E-state index contributed by atoms with van der Waals surface area (Å²) < 4.78 is 67.6. The SMILES string of the molecule is CCC1CC(C)(O)C(F)(F)C(C(C)(F)F)C1F. The first-order valence-corrected chi connectivity index (χ1v) is 5.57. The summed E-state index contributed by atoms with van der Waals surface area (Å²) in [6.45, 7) is 2.59. The maximum Gasteiger partial charge on any atom is 0.287 e. The van der Waals surface area contributed by atoms with Gasteiger partial charge in [-0.15, -0.1) is 0 Å². The Morgan fingerprint density at radius 3 is 2.18 bits per heavy atom. The fourth-order valence-electron chi connectivity index (χ4n) is 2.53. The Balaban J connectivity index is 3.21. The van der Waals surface area contributed by atoms with Crippen LogP contribution in [0.3, 0.4) is 0 Å². The predicted octanol–water partition coefficient (Wildman–Crippen LogP) is 3.41. The molecule has 1 aliphatic rings. The fourth-order valence-corrected chi connectivity index (χ4v) is 2.53. The summed E-state index contributed by atoms with van der Waals surface area (Å²) in [7, 11) is 0. The van der Waals surface area contributed by atoms with E-state index in [1.807, 2.05) is 0 Å². The summed E-state index contributed by atoms with van der Waals surface area (Å²) in [6, 6.07) is 0. The van der Waals surface area contributed by atoms with Gasteiger partial charge in [0, 0.05) is 0 Å². The van der Waals surface area contributed by atoms with Crippen molar-refractivity contribution < 1.29 is 27.1 Å². The van der Waals surface area contributed by atoms with Gasteiger partial charge in [-0.25, -0.2) is 22.0 Å². The van der Waals surface area contributed by atoms with Gasteiger partial charge >= 0.3 is 0 Å². The van der Waals surface area contributed by atoms with Crippen molar-refractivity contribution in [3.05, 3.63) is 0 Å². The lowest BCUT2D eigenvalue weighted by Crippen LogP contribution is -2.64. The molecule has 0 saturated heterocycles. The van der Waals surface area contributed by atoms with Gasteiger partial charge in [-0.1, -0.05) is 13.3 Å². The molecule has 0 aromatic heterocycles. The van der Waals surface area contributed by atoms with Crippen LogP contribution in [0.1, 0.15) is 33.6 Å². The van der Waals surface area contributed by atoms with Gasteiger partial charge < -0.3 is 5.11 Å².